The Hall–Kier alpha value is 0.800. The molecule has 0 atom stereocenters. The minimum atomic E-state index is 0. The summed E-state index contributed by atoms with van der Waals surface area (Å²) >= 11 is 0. The van der Waals surface area contributed by atoms with Gasteiger partial charge in [0.05, 0.1) is 4.91 Å². The molecule has 0 spiro atoms. The standard InChI is InChI=1S/C5H3N3S3.Na.H/c1-4(10-11-9-1)5-7-2-6-3-8-5;;/h1-3H;;. The van der Waals surface area contributed by atoms with Crippen LogP contribution in [0.3, 0.4) is 0 Å². The first-order valence-electron chi connectivity index (χ1n) is 2.79. The van der Waals surface area contributed by atoms with Crippen molar-refractivity contribution in [1.29, 1.82) is 0 Å². The van der Waals surface area contributed by atoms with Crippen molar-refractivity contribution in [2.24, 2.45) is 0 Å². The quantitative estimate of drug-likeness (QED) is 0.533. The molecular formula is C5H4N3NaS3. The average Bonchev–Trinajstić information content (AvgIpc) is 2.58. The van der Waals surface area contributed by atoms with Crippen molar-refractivity contribution in [3.8, 4) is 0 Å². The molecule has 7 heteroatoms. The Labute approximate surface area is 104 Å². The first kappa shape index (κ1) is 10.9. The number of hydrogen-bond donors (Lipinski definition) is 0. The molecule has 1 aromatic heterocycles. The van der Waals surface area contributed by atoms with Crippen LogP contribution in [-0.2, 0) is 0 Å². The minimum absolute atomic E-state index is 0. The van der Waals surface area contributed by atoms with Crippen LogP contribution >= 0.6 is 31.4 Å². The summed E-state index contributed by atoms with van der Waals surface area (Å²) in [5, 5.41) is 2.05. The summed E-state index contributed by atoms with van der Waals surface area (Å²) in [6.07, 6.45) is 3.02. The summed E-state index contributed by atoms with van der Waals surface area (Å²) in [5.41, 5.74) is 0. The zero-order chi connectivity index (χ0) is 7.52. The monoisotopic (exact) mass is 225 g/mol. The second kappa shape index (κ2) is 5.51. The first-order chi connectivity index (χ1) is 5.47. The van der Waals surface area contributed by atoms with Crippen LogP contribution in [0.1, 0.15) is 5.82 Å². The maximum atomic E-state index is 4.02. The molecule has 0 radical (unpaired) electrons. The third kappa shape index (κ3) is 2.65. The van der Waals surface area contributed by atoms with E-state index in [1.54, 1.807) is 31.4 Å². The van der Waals surface area contributed by atoms with E-state index in [4.69, 9.17) is 0 Å². The predicted molar refractivity (Wildman–Crippen MR) is 57.7 cm³/mol. The zero-order valence-corrected chi connectivity index (χ0v) is 7.75. The first-order valence-corrected chi connectivity index (χ1v) is 6.34. The Kier molecular flexibility index (Phi) is 5.00. The van der Waals surface area contributed by atoms with Crippen molar-refractivity contribution in [3.05, 3.63) is 23.9 Å². The van der Waals surface area contributed by atoms with E-state index in [1.165, 1.54) is 12.7 Å². The van der Waals surface area contributed by atoms with Gasteiger partial charge in [-0.3, -0.25) is 0 Å². The molecule has 0 saturated heterocycles. The van der Waals surface area contributed by atoms with E-state index in [0.29, 0.717) is 0 Å². The van der Waals surface area contributed by atoms with Gasteiger partial charge in [0.2, 0.25) is 0 Å². The van der Waals surface area contributed by atoms with Gasteiger partial charge in [-0.25, -0.2) is 15.0 Å². The van der Waals surface area contributed by atoms with E-state index in [9.17, 15) is 0 Å². The van der Waals surface area contributed by atoms with Crippen LogP contribution in [-0.4, -0.2) is 44.5 Å². The van der Waals surface area contributed by atoms with Crippen LogP contribution in [0.15, 0.2) is 18.1 Å². The molecule has 0 fully saturated rings. The Bertz CT molecular complexity index is 279. The molecule has 0 bridgehead atoms. The van der Waals surface area contributed by atoms with E-state index in [2.05, 4.69) is 15.0 Å². The maximum absolute atomic E-state index is 4.02. The van der Waals surface area contributed by atoms with Gasteiger partial charge in [0.15, 0.2) is 5.82 Å². The van der Waals surface area contributed by atoms with Crippen molar-refractivity contribution in [1.82, 2.24) is 15.0 Å². The van der Waals surface area contributed by atoms with Crippen molar-refractivity contribution in [2.75, 3.05) is 0 Å². The molecule has 0 amide bonds. The molecule has 1 aliphatic heterocycles. The fourth-order valence-electron chi connectivity index (χ4n) is 0.596. The van der Waals surface area contributed by atoms with Gasteiger partial charge in [-0.1, -0.05) is 10.8 Å². The molecule has 0 saturated carbocycles. The molecule has 0 aliphatic carbocycles. The molecule has 2 heterocycles. The SMILES string of the molecule is C1=C(c2ncncn2)SSS1.[NaH]. The number of aromatic nitrogens is 3. The summed E-state index contributed by atoms with van der Waals surface area (Å²) < 4.78 is 0. The van der Waals surface area contributed by atoms with Crippen LogP contribution in [0.4, 0.5) is 0 Å². The van der Waals surface area contributed by atoms with Crippen LogP contribution in [0.2, 0.25) is 0 Å². The zero-order valence-electron chi connectivity index (χ0n) is 5.30. The van der Waals surface area contributed by atoms with Gasteiger partial charge in [-0.05, 0) is 20.6 Å². The second-order valence-electron chi connectivity index (χ2n) is 1.69. The molecular weight excluding hydrogens is 221 g/mol. The van der Waals surface area contributed by atoms with E-state index in [1.807, 2.05) is 5.41 Å². The number of hydrogen-bond acceptors (Lipinski definition) is 6. The normalized spacial score (nSPS) is 15.2. The Morgan fingerprint density at radius 1 is 1.17 bits per heavy atom. The van der Waals surface area contributed by atoms with Gasteiger partial charge in [0.1, 0.15) is 12.7 Å². The van der Waals surface area contributed by atoms with E-state index in [0.717, 1.165) is 10.7 Å². The van der Waals surface area contributed by atoms with Crippen molar-refractivity contribution < 1.29 is 0 Å². The van der Waals surface area contributed by atoms with E-state index in [-0.39, 0.29) is 29.6 Å². The summed E-state index contributed by atoms with van der Waals surface area (Å²) in [6, 6.07) is 0. The molecule has 58 valence electrons. The van der Waals surface area contributed by atoms with Crippen LogP contribution < -0.4 is 0 Å². The summed E-state index contributed by atoms with van der Waals surface area (Å²) in [5.74, 6) is 0.766. The molecule has 2 rings (SSSR count). The molecule has 0 unspecified atom stereocenters. The summed E-state index contributed by atoms with van der Waals surface area (Å²) in [6.45, 7) is 0. The topological polar surface area (TPSA) is 38.7 Å². The average molecular weight is 225 g/mol. The van der Waals surface area contributed by atoms with Crippen LogP contribution in [0.25, 0.3) is 4.91 Å². The fraction of sp³-hybridized carbons (Fsp3) is 0. The van der Waals surface area contributed by atoms with Crippen LogP contribution in [0.5, 0.6) is 0 Å². The molecule has 1 aromatic rings. The Morgan fingerprint density at radius 3 is 2.50 bits per heavy atom. The van der Waals surface area contributed by atoms with Gasteiger partial charge in [0.25, 0.3) is 0 Å². The van der Waals surface area contributed by atoms with Gasteiger partial charge >= 0.3 is 29.6 Å². The molecule has 0 aromatic carbocycles. The van der Waals surface area contributed by atoms with Crippen LogP contribution in [0, 0.1) is 0 Å². The fourth-order valence-corrected chi connectivity index (χ4v) is 4.29. The summed E-state index contributed by atoms with van der Waals surface area (Å²) in [7, 11) is 5.09. The van der Waals surface area contributed by atoms with E-state index < -0.39 is 0 Å². The number of rotatable bonds is 1. The number of nitrogens with zero attached hydrogens (tertiary/aromatic N) is 3. The van der Waals surface area contributed by atoms with Crippen molar-refractivity contribution >= 4 is 65.9 Å². The summed E-state index contributed by atoms with van der Waals surface area (Å²) in [4.78, 5) is 12.9. The van der Waals surface area contributed by atoms with Gasteiger partial charge < -0.3 is 0 Å². The predicted octanol–water partition coefficient (Wildman–Crippen LogP) is 1.56. The van der Waals surface area contributed by atoms with Gasteiger partial charge in [0, 0.05) is 5.41 Å². The molecule has 1 aliphatic rings. The van der Waals surface area contributed by atoms with E-state index >= 15 is 0 Å². The van der Waals surface area contributed by atoms with Crippen molar-refractivity contribution in [3.63, 3.8) is 0 Å². The Balaban J connectivity index is 0.000000720. The molecule has 0 N–H and O–H groups in total. The van der Waals surface area contributed by atoms with Gasteiger partial charge in [-0.15, -0.1) is 0 Å². The second-order valence-corrected chi connectivity index (χ2v) is 5.57. The van der Waals surface area contributed by atoms with Gasteiger partial charge in [-0.2, -0.15) is 0 Å². The third-order valence-corrected chi connectivity index (χ3v) is 4.73. The molecule has 12 heavy (non-hydrogen) atoms. The Morgan fingerprint density at radius 2 is 1.92 bits per heavy atom. The molecule has 3 nitrogen and oxygen atoms in total. The third-order valence-electron chi connectivity index (χ3n) is 1.03. The van der Waals surface area contributed by atoms with Crippen molar-refractivity contribution in [2.45, 2.75) is 0 Å².